The van der Waals surface area contributed by atoms with Crippen molar-refractivity contribution in [3.63, 3.8) is 0 Å². The van der Waals surface area contributed by atoms with Crippen molar-refractivity contribution in [3.05, 3.63) is 0 Å². The van der Waals surface area contributed by atoms with E-state index in [0.717, 1.165) is 0 Å². The Balaban J connectivity index is 3.65. The van der Waals surface area contributed by atoms with Gasteiger partial charge in [0.1, 0.15) is 0 Å². The van der Waals surface area contributed by atoms with Crippen molar-refractivity contribution in [3.8, 4) is 0 Å². The fourth-order valence-corrected chi connectivity index (χ4v) is 11.3. The van der Waals surface area contributed by atoms with Gasteiger partial charge >= 0.3 is 0 Å². The number of hydrogen-bond donors (Lipinski definition) is 1. The summed E-state index contributed by atoms with van der Waals surface area (Å²) < 4.78 is 5.14. The van der Waals surface area contributed by atoms with E-state index in [-0.39, 0.29) is 0 Å². The number of hydrogen-bond acceptors (Lipinski definition) is 7. The standard InChI is InChI=1S/C2H6OS7/c1-2-3-10(5,6)9-8-7-4/h4H,2H2,1H3. The van der Waals surface area contributed by atoms with E-state index in [1.807, 2.05) is 6.92 Å². The summed E-state index contributed by atoms with van der Waals surface area (Å²) in [6.07, 6.45) is 0. The van der Waals surface area contributed by atoms with E-state index in [1.54, 1.807) is 0 Å². The molecule has 10 heavy (non-hydrogen) atoms. The Labute approximate surface area is 86.8 Å². The van der Waals surface area contributed by atoms with E-state index < -0.39 is 6.46 Å². The lowest BCUT2D eigenvalue weighted by Crippen LogP contribution is -1.93. The normalized spacial score (nSPS) is 11.8. The Morgan fingerprint density at radius 2 is 2.20 bits per heavy atom. The predicted molar refractivity (Wildman–Crippen MR) is 65.5 cm³/mol. The molecule has 0 atom stereocenters. The van der Waals surface area contributed by atoms with Crippen LogP contribution in [0.25, 0.3) is 0 Å². The molecule has 0 saturated heterocycles. The van der Waals surface area contributed by atoms with Gasteiger partial charge in [-0.3, -0.25) is 0 Å². The van der Waals surface area contributed by atoms with Gasteiger partial charge in [-0.05, 0) is 39.1 Å². The minimum Gasteiger partial charge on any atom is -0.302 e. The molecule has 0 aromatic heterocycles. The molecular formula is C2H6OS7. The summed E-state index contributed by atoms with van der Waals surface area (Å²) in [5.41, 5.74) is 0. The van der Waals surface area contributed by atoms with E-state index >= 15 is 0 Å². The van der Waals surface area contributed by atoms with Crippen molar-refractivity contribution in [2.45, 2.75) is 6.92 Å². The molecule has 0 aromatic rings. The average molecular weight is 271 g/mol. The molecule has 0 saturated carbocycles. The first-order chi connectivity index (χ1) is 4.62. The SMILES string of the molecule is CCOS(=S)(=S)SSSS. The first-order valence-corrected chi connectivity index (χ1v) is 10.6. The number of thiol groups is 1. The van der Waals surface area contributed by atoms with Gasteiger partial charge in [-0.15, -0.1) is 0 Å². The van der Waals surface area contributed by atoms with Crippen LogP contribution in [0.1, 0.15) is 6.92 Å². The minimum atomic E-state index is -1.72. The Bertz CT molecular complexity index is 158. The van der Waals surface area contributed by atoms with Crippen LogP contribution in [0.3, 0.4) is 0 Å². The molecule has 0 aliphatic carbocycles. The van der Waals surface area contributed by atoms with Gasteiger partial charge in [0.2, 0.25) is 0 Å². The van der Waals surface area contributed by atoms with Gasteiger partial charge in [-0.25, -0.2) is 0 Å². The Morgan fingerprint density at radius 3 is 2.60 bits per heavy atom. The molecule has 0 amide bonds. The zero-order valence-electron chi connectivity index (χ0n) is 5.01. The lowest BCUT2D eigenvalue weighted by Gasteiger charge is -2.04. The van der Waals surface area contributed by atoms with Gasteiger partial charge in [0.25, 0.3) is 0 Å². The van der Waals surface area contributed by atoms with Gasteiger partial charge in [-0.1, -0.05) is 11.7 Å². The maximum absolute atomic E-state index is 5.14. The first-order valence-electron chi connectivity index (χ1n) is 2.18. The molecular weight excluding hydrogens is 264 g/mol. The second kappa shape index (κ2) is 6.64. The van der Waals surface area contributed by atoms with Crippen LogP contribution >= 0.6 is 41.1 Å². The quantitative estimate of drug-likeness (QED) is 0.603. The molecule has 0 aromatic carbocycles. The van der Waals surface area contributed by atoms with Crippen molar-refractivity contribution in [2.75, 3.05) is 6.61 Å². The molecule has 62 valence electrons. The third-order valence-corrected chi connectivity index (χ3v) is 11.6. The second-order valence-electron chi connectivity index (χ2n) is 1.03. The molecule has 0 heterocycles. The van der Waals surface area contributed by atoms with E-state index in [9.17, 15) is 0 Å². The van der Waals surface area contributed by atoms with Crippen molar-refractivity contribution >= 4 is 70.0 Å². The monoisotopic (exact) mass is 270 g/mol. The highest BCUT2D eigenvalue weighted by Gasteiger charge is 2.01. The molecule has 0 unspecified atom stereocenters. The molecule has 0 bridgehead atoms. The third-order valence-electron chi connectivity index (χ3n) is 0.404. The van der Waals surface area contributed by atoms with Crippen LogP contribution < -0.4 is 0 Å². The van der Waals surface area contributed by atoms with Gasteiger partial charge < -0.3 is 4.18 Å². The molecule has 0 spiro atoms. The topological polar surface area (TPSA) is 9.23 Å². The zero-order valence-corrected chi connectivity index (χ0v) is 10.8. The molecule has 0 rings (SSSR count). The zero-order chi connectivity index (χ0) is 8.04. The highest BCUT2D eigenvalue weighted by atomic mass is 33.9. The van der Waals surface area contributed by atoms with E-state index in [0.29, 0.717) is 6.61 Å². The largest absolute Gasteiger partial charge is 0.302 e. The van der Waals surface area contributed by atoms with Gasteiger partial charge in [0.05, 0.1) is 13.1 Å². The van der Waals surface area contributed by atoms with Crippen molar-refractivity contribution in [2.24, 2.45) is 0 Å². The Kier molecular flexibility index (Phi) is 8.07. The van der Waals surface area contributed by atoms with E-state index in [1.165, 1.54) is 29.5 Å². The summed E-state index contributed by atoms with van der Waals surface area (Å²) in [6, 6.07) is 0. The average Bonchev–Trinajstić information content (AvgIpc) is 1.84. The fourth-order valence-electron chi connectivity index (χ4n) is 0.210. The molecule has 8 heteroatoms. The van der Waals surface area contributed by atoms with Crippen LogP contribution in [0.15, 0.2) is 0 Å². The van der Waals surface area contributed by atoms with Crippen molar-refractivity contribution in [1.29, 1.82) is 0 Å². The minimum absolute atomic E-state index is 0.590. The molecule has 0 fully saturated rings. The van der Waals surface area contributed by atoms with Crippen LogP contribution in [0.4, 0.5) is 0 Å². The summed E-state index contributed by atoms with van der Waals surface area (Å²) in [5.74, 6) is 0. The summed E-state index contributed by atoms with van der Waals surface area (Å²) >= 11 is 13.9. The number of rotatable bonds is 5. The molecule has 0 radical (unpaired) electrons. The molecule has 0 N–H and O–H groups in total. The first kappa shape index (κ1) is 12.2. The van der Waals surface area contributed by atoms with Crippen LogP contribution in [0.2, 0.25) is 0 Å². The van der Waals surface area contributed by atoms with Crippen LogP contribution in [0, 0.1) is 0 Å². The summed E-state index contributed by atoms with van der Waals surface area (Å²) in [7, 11) is 4.19. The maximum atomic E-state index is 5.14. The van der Waals surface area contributed by atoms with Gasteiger partial charge in [-0.2, -0.15) is 0 Å². The lowest BCUT2D eigenvalue weighted by molar-refractivity contribution is 0.402. The Hall–Kier alpha value is 2.15. The summed E-state index contributed by atoms with van der Waals surface area (Å²) in [4.78, 5) is 0. The summed E-state index contributed by atoms with van der Waals surface area (Å²) in [6.45, 7) is 0.761. The van der Waals surface area contributed by atoms with E-state index in [4.69, 9.17) is 26.6 Å². The van der Waals surface area contributed by atoms with Crippen molar-refractivity contribution < 1.29 is 4.18 Å². The van der Waals surface area contributed by atoms with Crippen LogP contribution in [-0.4, -0.2) is 6.61 Å². The molecule has 1 nitrogen and oxygen atoms in total. The maximum Gasteiger partial charge on any atom is 0.0820 e. The highest BCUT2D eigenvalue weighted by Crippen LogP contribution is 2.41. The van der Waals surface area contributed by atoms with Crippen molar-refractivity contribution in [1.82, 2.24) is 0 Å². The van der Waals surface area contributed by atoms with Crippen LogP contribution in [-0.2, 0) is 33.0 Å². The van der Waals surface area contributed by atoms with Gasteiger partial charge in [0, 0.05) is 19.7 Å². The lowest BCUT2D eigenvalue weighted by atomic mass is 10.9. The highest BCUT2D eigenvalue weighted by molar-refractivity contribution is 9.37. The third kappa shape index (κ3) is 6.84. The van der Waals surface area contributed by atoms with Crippen LogP contribution in [0.5, 0.6) is 0 Å². The van der Waals surface area contributed by atoms with Gasteiger partial charge in [0.15, 0.2) is 0 Å². The fraction of sp³-hybridized carbons (Fsp3) is 1.00. The molecule has 0 aliphatic rings. The summed E-state index contributed by atoms with van der Waals surface area (Å²) in [5, 5.41) is 0. The Morgan fingerprint density at radius 1 is 1.60 bits per heavy atom. The second-order valence-corrected chi connectivity index (χ2v) is 13.7. The predicted octanol–water partition coefficient (Wildman–Crippen LogP) is 2.81. The molecule has 0 aliphatic heterocycles. The smallest absolute Gasteiger partial charge is 0.0820 e. The van der Waals surface area contributed by atoms with E-state index in [2.05, 4.69) is 11.7 Å².